The van der Waals surface area contributed by atoms with Gasteiger partial charge >= 0.3 is 6.09 Å². The zero-order valence-corrected chi connectivity index (χ0v) is 23.0. The molecule has 0 aromatic heterocycles. The fraction of sp³-hybridized carbons (Fsp3) is 0.464. The van der Waals surface area contributed by atoms with Gasteiger partial charge in [-0.3, -0.25) is 9.59 Å². The van der Waals surface area contributed by atoms with E-state index in [1.165, 1.54) is 11.8 Å². The molecule has 37 heavy (non-hydrogen) atoms. The number of halogens is 1. The predicted octanol–water partition coefficient (Wildman–Crippen LogP) is 5.87. The lowest BCUT2D eigenvalue weighted by atomic mass is 9.98. The van der Waals surface area contributed by atoms with Gasteiger partial charge in [-0.15, -0.1) is 11.8 Å². The Morgan fingerprint density at radius 1 is 1.19 bits per heavy atom. The molecule has 4 rings (SSSR count). The lowest BCUT2D eigenvalue weighted by Crippen LogP contribution is -2.50. The van der Waals surface area contributed by atoms with E-state index in [2.05, 4.69) is 5.32 Å². The largest absolute Gasteiger partial charge is 0.444 e. The number of alkyl carbamates (subject to hydrolysis) is 1. The van der Waals surface area contributed by atoms with E-state index in [0.29, 0.717) is 41.0 Å². The summed E-state index contributed by atoms with van der Waals surface area (Å²) in [6.45, 7) is 7.07. The summed E-state index contributed by atoms with van der Waals surface area (Å²) in [5.41, 5.74) is 1.43. The van der Waals surface area contributed by atoms with Crippen LogP contribution in [0.2, 0.25) is 5.02 Å². The molecule has 1 fully saturated rings. The topological polar surface area (TPSA) is 84.9 Å². The van der Waals surface area contributed by atoms with Gasteiger partial charge in [0.25, 0.3) is 5.91 Å². The van der Waals surface area contributed by atoms with E-state index in [4.69, 9.17) is 21.1 Å². The molecule has 2 aromatic rings. The van der Waals surface area contributed by atoms with Gasteiger partial charge in [-0.05, 0) is 69.4 Å². The normalized spacial score (nSPS) is 19.8. The first kappa shape index (κ1) is 27.5. The van der Waals surface area contributed by atoms with Gasteiger partial charge in [-0.25, -0.2) is 4.79 Å². The maximum atomic E-state index is 13.8. The minimum absolute atomic E-state index is 0.0475. The summed E-state index contributed by atoms with van der Waals surface area (Å²) in [6, 6.07) is 12.0. The van der Waals surface area contributed by atoms with Crippen LogP contribution in [0.25, 0.3) is 0 Å². The number of anilines is 1. The van der Waals surface area contributed by atoms with Crippen LogP contribution in [-0.4, -0.2) is 48.4 Å². The number of nitrogens with zero attached hydrogens (tertiary/aromatic N) is 1. The van der Waals surface area contributed by atoms with Crippen LogP contribution in [0.4, 0.5) is 10.5 Å². The minimum Gasteiger partial charge on any atom is -0.444 e. The molecule has 1 N–H and O–H groups in total. The van der Waals surface area contributed by atoms with Crippen LogP contribution in [0.3, 0.4) is 0 Å². The summed E-state index contributed by atoms with van der Waals surface area (Å²) < 4.78 is 10.8. The lowest BCUT2D eigenvalue weighted by molar-refractivity contribution is -0.120. The van der Waals surface area contributed by atoms with Crippen molar-refractivity contribution in [1.29, 1.82) is 0 Å². The second-order valence-electron chi connectivity index (χ2n) is 10.4. The van der Waals surface area contributed by atoms with E-state index in [9.17, 15) is 14.4 Å². The highest BCUT2D eigenvalue weighted by molar-refractivity contribution is 7.99. The monoisotopic (exact) mass is 544 g/mol. The van der Waals surface area contributed by atoms with Crippen LogP contribution < -0.4 is 10.2 Å². The second-order valence-corrected chi connectivity index (χ2v) is 11.9. The molecule has 2 aliphatic rings. The molecule has 7 nitrogen and oxygen atoms in total. The average Bonchev–Trinajstić information content (AvgIpc) is 3.33. The van der Waals surface area contributed by atoms with E-state index >= 15 is 0 Å². The third kappa shape index (κ3) is 7.49. The Labute approximate surface area is 227 Å². The van der Waals surface area contributed by atoms with E-state index < -0.39 is 17.7 Å². The number of thioether (sulfide) groups is 1. The molecule has 2 aromatic carbocycles. The van der Waals surface area contributed by atoms with Gasteiger partial charge < -0.3 is 19.7 Å². The van der Waals surface area contributed by atoms with Crippen molar-refractivity contribution in [1.82, 2.24) is 5.32 Å². The van der Waals surface area contributed by atoms with Crippen LogP contribution in [0.15, 0.2) is 47.4 Å². The number of amides is 2. The van der Waals surface area contributed by atoms with Crippen molar-refractivity contribution in [3.8, 4) is 0 Å². The molecule has 0 radical (unpaired) electrons. The van der Waals surface area contributed by atoms with Crippen LogP contribution in [-0.2, 0) is 20.8 Å². The third-order valence-corrected chi connectivity index (χ3v) is 7.70. The van der Waals surface area contributed by atoms with E-state index in [0.717, 1.165) is 29.9 Å². The zero-order valence-electron chi connectivity index (χ0n) is 21.4. The number of rotatable bonds is 7. The summed E-state index contributed by atoms with van der Waals surface area (Å²) >= 11 is 7.54. The molecule has 198 valence electrons. The first-order valence-electron chi connectivity index (χ1n) is 12.5. The summed E-state index contributed by atoms with van der Waals surface area (Å²) in [6.07, 6.45) is 1.58. The number of nitrogens with one attached hydrogen (secondary N) is 1. The van der Waals surface area contributed by atoms with Crippen molar-refractivity contribution in [3.63, 3.8) is 0 Å². The molecular weight excluding hydrogens is 512 g/mol. The van der Waals surface area contributed by atoms with Crippen molar-refractivity contribution in [2.24, 2.45) is 5.92 Å². The number of hydrogen-bond donors (Lipinski definition) is 1. The molecule has 0 aliphatic carbocycles. The van der Waals surface area contributed by atoms with Crippen LogP contribution in [0, 0.1) is 5.92 Å². The quantitative estimate of drug-likeness (QED) is 0.439. The molecule has 0 saturated carbocycles. The molecular formula is C28H33ClN2O5S. The molecule has 9 heteroatoms. The standard InChI is InChI=1S/C28H33ClN2O5S/c1-28(2,3)36-27(34)30-22-17-37-25-11-7-20(24(32)10-6-19-12-13-35-16-19)14-23(25)31(26(22)33)15-18-4-8-21(29)9-5-18/h4-5,7-9,11,14,19,22H,6,10,12-13,15-17H2,1-3H3,(H,30,34)/t19?,22-/m0/s1. The first-order valence-corrected chi connectivity index (χ1v) is 13.9. The second kappa shape index (κ2) is 11.9. The number of hydrogen-bond acceptors (Lipinski definition) is 6. The Hall–Kier alpha value is -2.55. The summed E-state index contributed by atoms with van der Waals surface area (Å²) in [7, 11) is 0. The number of fused-ring (bicyclic) bond motifs is 1. The molecule has 2 atom stereocenters. The Kier molecular flexibility index (Phi) is 8.82. The van der Waals surface area contributed by atoms with Crippen molar-refractivity contribution in [2.45, 2.75) is 63.1 Å². The zero-order chi connectivity index (χ0) is 26.6. The maximum Gasteiger partial charge on any atom is 0.408 e. The summed E-state index contributed by atoms with van der Waals surface area (Å²) in [5.74, 6) is 0.547. The SMILES string of the molecule is CC(C)(C)OC(=O)N[C@H]1CSc2ccc(C(=O)CCC3CCOC3)cc2N(Cc2ccc(Cl)cc2)C1=O. The minimum atomic E-state index is -0.791. The van der Waals surface area contributed by atoms with Crippen LogP contribution >= 0.6 is 23.4 Å². The van der Waals surface area contributed by atoms with Crippen molar-refractivity contribution in [3.05, 3.63) is 58.6 Å². The van der Waals surface area contributed by atoms with Crippen LogP contribution in [0.5, 0.6) is 0 Å². The van der Waals surface area contributed by atoms with Gasteiger partial charge in [-0.2, -0.15) is 0 Å². The van der Waals surface area contributed by atoms with Gasteiger partial charge in [0.05, 0.1) is 12.2 Å². The Morgan fingerprint density at radius 2 is 1.95 bits per heavy atom. The van der Waals surface area contributed by atoms with Gasteiger partial charge in [0.1, 0.15) is 11.6 Å². The molecule has 2 heterocycles. The van der Waals surface area contributed by atoms with E-state index in [1.807, 2.05) is 24.3 Å². The van der Waals surface area contributed by atoms with E-state index in [-0.39, 0.29) is 18.2 Å². The summed E-state index contributed by atoms with van der Waals surface area (Å²) in [5, 5.41) is 3.34. The average molecular weight is 545 g/mol. The molecule has 2 aliphatic heterocycles. The van der Waals surface area contributed by atoms with Crippen molar-refractivity contribution >= 4 is 46.8 Å². The van der Waals surface area contributed by atoms with Crippen LogP contribution in [0.1, 0.15) is 56.0 Å². The number of carbonyl (C=O) groups is 3. The number of benzene rings is 2. The fourth-order valence-corrected chi connectivity index (χ4v) is 5.53. The predicted molar refractivity (Wildman–Crippen MR) is 145 cm³/mol. The van der Waals surface area contributed by atoms with Gasteiger partial charge in [-0.1, -0.05) is 29.8 Å². The van der Waals surface area contributed by atoms with Gasteiger partial charge in [0, 0.05) is 40.9 Å². The molecule has 0 bridgehead atoms. The molecule has 2 amide bonds. The Bertz CT molecular complexity index is 1140. The van der Waals surface area contributed by atoms with Crippen molar-refractivity contribution in [2.75, 3.05) is 23.9 Å². The first-order chi connectivity index (χ1) is 17.6. The molecule has 1 unspecified atom stereocenters. The highest BCUT2D eigenvalue weighted by Gasteiger charge is 2.33. The highest BCUT2D eigenvalue weighted by Crippen LogP contribution is 2.37. The van der Waals surface area contributed by atoms with Gasteiger partial charge in [0.15, 0.2) is 5.78 Å². The molecule has 0 spiro atoms. The Balaban J connectivity index is 1.59. The highest BCUT2D eigenvalue weighted by atomic mass is 35.5. The number of ketones is 1. The molecule has 1 saturated heterocycles. The van der Waals surface area contributed by atoms with Crippen molar-refractivity contribution < 1.29 is 23.9 Å². The summed E-state index contributed by atoms with van der Waals surface area (Å²) in [4.78, 5) is 41.9. The maximum absolute atomic E-state index is 13.8. The Morgan fingerprint density at radius 3 is 2.62 bits per heavy atom. The third-order valence-electron chi connectivity index (χ3n) is 6.29. The number of carbonyl (C=O) groups excluding carboxylic acids is 3. The lowest BCUT2D eigenvalue weighted by Gasteiger charge is -2.27. The van der Waals surface area contributed by atoms with E-state index in [1.54, 1.807) is 43.9 Å². The van der Waals surface area contributed by atoms with Gasteiger partial charge in [0.2, 0.25) is 0 Å². The smallest absolute Gasteiger partial charge is 0.408 e. The number of ether oxygens (including phenoxy) is 2. The number of Topliss-reactive ketones (excluding diaryl/α,β-unsaturated/α-hetero) is 1. The fourth-order valence-electron chi connectivity index (χ4n) is 4.35.